The second-order valence-electron chi connectivity index (χ2n) is 8.42. The first kappa shape index (κ1) is 20.8. The van der Waals surface area contributed by atoms with Crippen LogP contribution >= 0.6 is 0 Å². The third kappa shape index (κ3) is 4.70. The van der Waals surface area contributed by atoms with Crippen LogP contribution in [0.3, 0.4) is 0 Å². The van der Waals surface area contributed by atoms with Crippen molar-refractivity contribution in [2.45, 2.75) is 45.7 Å². The molecule has 5 rings (SSSR count). The number of aliphatic imine (C=N–C) groups is 1. The Morgan fingerprint density at radius 1 is 1.03 bits per heavy atom. The van der Waals surface area contributed by atoms with Crippen molar-refractivity contribution in [2.75, 3.05) is 19.7 Å². The molecule has 32 heavy (non-hydrogen) atoms. The largest absolute Gasteiger partial charge is 0.494 e. The highest BCUT2D eigenvalue weighted by Crippen LogP contribution is 2.24. The van der Waals surface area contributed by atoms with E-state index >= 15 is 0 Å². The molecule has 0 saturated carbocycles. The standard InChI is InChI=1S/C26H29N5O/c1-2-32-22-7-5-6-20(14-22)23-10-9-19(15-28-23)17-31-13-11-24-21(18-31)16-29-26(30-24)25-8-3-4-12-27-25/h5-7,9-10,14-16H,2-4,8,11-13,17-18H2,1H3. The number of aromatic nitrogens is 3. The smallest absolute Gasteiger partial charge is 0.173 e. The Morgan fingerprint density at radius 2 is 2.00 bits per heavy atom. The molecule has 0 fully saturated rings. The van der Waals surface area contributed by atoms with E-state index < -0.39 is 0 Å². The molecule has 6 heteroatoms. The maximum Gasteiger partial charge on any atom is 0.173 e. The Labute approximate surface area is 189 Å². The molecule has 3 aromatic rings. The van der Waals surface area contributed by atoms with Crippen LogP contribution in [0.2, 0.25) is 0 Å². The van der Waals surface area contributed by atoms with Gasteiger partial charge in [0.2, 0.25) is 0 Å². The lowest BCUT2D eigenvalue weighted by Crippen LogP contribution is -2.31. The Morgan fingerprint density at radius 3 is 2.81 bits per heavy atom. The zero-order valence-corrected chi connectivity index (χ0v) is 18.6. The van der Waals surface area contributed by atoms with Gasteiger partial charge in [-0.2, -0.15) is 0 Å². The van der Waals surface area contributed by atoms with E-state index in [-0.39, 0.29) is 0 Å². The first-order valence-corrected chi connectivity index (χ1v) is 11.6. The monoisotopic (exact) mass is 427 g/mol. The van der Waals surface area contributed by atoms with E-state index in [0.717, 1.165) is 67.6 Å². The highest BCUT2D eigenvalue weighted by atomic mass is 16.5. The van der Waals surface area contributed by atoms with Gasteiger partial charge in [0.15, 0.2) is 5.82 Å². The van der Waals surface area contributed by atoms with E-state index in [0.29, 0.717) is 6.61 Å². The molecular weight excluding hydrogens is 398 g/mol. The van der Waals surface area contributed by atoms with Gasteiger partial charge in [-0.15, -0.1) is 0 Å². The normalized spacial score (nSPS) is 16.3. The zero-order valence-electron chi connectivity index (χ0n) is 18.6. The third-order valence-electron chi connectivity index (χ3n) is 6.07. The molecular formula is C26H29N5O. The van der Waals surface area contributed by atoms with Gasteiger partial charge in [-0.3, -0.25) is 14.9 Å². The van der Waals surface area contributed by atoms with Crippen molar-refractivity contribution >= 4 is 5.71 Å². The minimum absolute atomic E-state index is 0.663. The summed E-state index contributed by atoms with van der Waals surface area (Å²) in [5, 5.41) is 0. The summed E-state index contributed by atoms with van der Waals surface area (Å²) in [7, 11) is 0. The zero-order chi connectivity index (χ0) is 21.8. The number of rotatable bonds is 6. The first-order chi connectivity index (χ1) is 15.8. The van der Waals surface area contributed by atoms with Gasteiger partial charge < -0.3 is 4.74 Å². The average molecular weight is 428 g/mol. The van der Waals surface area contributed by atoms with Gasteiger partial charge in [-0.05, 0) is 49.9 Å². The van der Waals surface area contributed by atoms with E-state index in [1.165, 1.54) is 29.7 Å². The van der Waals surface area contributed by atoms with Crippen LogP contribution in [0.4, 0.5) is 0 Å². The van der Waals surface area contributed by atoms with E-state index in [9.17, 15) is 0 Å². The van der Waals surface area contributed by atoms with Crippen LogP contribution in [0.15, 0.2) is 53.8 Å². The molecule has 0 spiro atoms. The van der Waals surface area contributed by atoms with Gasteiger partial charge in [-0.25, -0.2) is 9.97 Å². The minimum atomic E-state index is 0.663. The van der Waals surface area contributed by atoms with Crippen molar-refractivity contribution in [3.05, 3.63) is 71.4 Å². The quantitative estimate of drug-likeness (QED) is 0.581. The molecule has 0 unspecified atom stereocenters. The molecule has 0 amide bonds. The van der Waals surface area contributed by atoms with Crippen LogP contribution in [-0.2, 0) is 19.5 Å². The van der Waals surface area contributed by atoms with Crippen LogP contribution in [0.25, 0.3) is 11.3 Å². The Hall–Kier alpha value is -3.12. The predicted molar refractivity (Wildman–Crippen MR) is 126 cm³/mol. The number of hydrogen-bond donors (Lipinski definition) is 0. The van der Waals surface area contributed by atoms with Crippen LogP contribution in [-0.4, -0.2) is 45.3 Å². The summed E-state index contributed by atoms with van der Waals surface area (Å²) in [6.07, 6.45) is 8.32. The van der Waals surface area contributed by atoms with Gasteiger partial charge in [-0.1, -0.05) is 18.2 Å². The molecule has 164 valence electrons. The number of pyridine rings is 1. The lowest BCUT2D eigenvalue weighted by Gasteiger charge is -2.28. The van der Waals surface area contributed by atoms with Crippen LogP contribution in [0.5, 0.6) is 5.75 Å². The maximum atomic E-state index is 5.61. The van der Waals surface area contributed by atoms with Crippen molar-refractivity contribution in [3.8, 4) is 17.0 Å². The number of ether oxygens (including phenoxy) is 1. The van der Waals surface area contributed by atoms with Crippen molar-refractivity contribution in [3.63, 3.8) is 0 Å². The predicted octanol–water partition coefficient (Wildman–Crippen LogP) is 4.47. The minimum Gasteiger partial charge on any atom is -0.494 e. The lowest BCUT2D eigenvalue weighted by molar-refractivity contribution is 0.242. The number of fused-ring (bicyclic) bond motifs is 1. The molecule has 0 radical (unpaired) electrons. The first-order valence-electron chi connectivity index (χ1n) is 11.6. The van der Waals surface area contributed by atoms with Crippen molar-refractivity contribution in [1.82, 2.24) is 19.9 Å². The summed E-state index contributed by atoms with van der Waals surface area (Å²) in [4.78, 5) is 21.3. The van der Waals surface area contributed by atoms with Crippen molar-refractivity contribution < 1.29 is 4.74 Å². The second kappa shape index (κ2) is 9.57. The summed E-state index contributed by atoms with van der Waals surface area (Å²) >= 11 is 0. The van der Waals surface area contributed by atoms with E-state index in [4.69, 9.17) is 14.7 Å². The summed E-state index contributed by atoms with van der Waals surface area (Å²) in [6, 6.07) is 12.4. The fraction of sp³-hybridized carbons (Fsp3) is 0.385. The highest BCUT2D eigenvalue weighted by molar-refractivity contribution is 5.97. The van der Waals surface area contributed by atoms with E-state index in [1.54, 1.807) is 0 Å². The summed E-state index contributed by atoms with van der Waals surface area (Å²) < 4.78 is 5.61. The highest BCUT2D eigenvalue weighted by Gasteiger charge is 2.20. The summed E-state index contributed by atoms with van der Waals surface area (Å²) in [5.74, 6) is 1.72. The molecule has 0 saturated heterocycles. The lowest BCUT2D eigenvalue weighted by atomic mass is 10.0. The van der Waals surface area contributed by atoms with Gasteiger partial charge in [0.05, 0.1) is 23.7 Å². The number of hydrogen-bond acceptors (Lipinski definition) is 6. The third-order valence-corrected chi connectivity index (χ3v) is 6.07. The summed E-state index contributed by atoms with van der Waals surface area (Å²) in [5.41, 5.74) is 6.75. The van der Waals surface area contributed by atoms with E-state index in [1.807, 2.05) is 37.5 Å². The van der Waals surface area contributed by atoms with Crippen molar-refractivity contribution in [2.24, 2.45) is 4.99 Å². The molecule has 0 aliphatic carbocycles. The SMILES string of the molecule is CCOc1cccc(-c2ccc(CN3CCc4nc(C5=NCCCC5)ncc4C3)cn2)c1. The van der Waals surface area contributed by atoms with Crippen molar-refractivity contribution in [1.29, 1.82) is 0 Å². The fourth-order valence-corrected chi connectivity index (χ4v) is 4.39. The van der Waals surface area contributed by atoms with Gasteiger partial charge in [0.25, 0.3) is 0 Å². The molecule has 0 N–H and O–H groups in total. The molecule has 2 aliphatic rings. The molecule has 0 bridgehead atoms. The van der Waals surface area contributed by atoms with Gasteiger partial charge in [0.1, 0.15) is 5.75 Å². The van der Waals surface area contributed by atoms with E-state index in [2.05, 4.69) is 33.1 Å². The van der Waals surface area contributed by atoms with Crippen LogP contribution in [0.1, 0.15) is 48.8 Å². The molecule has 0 atom stereocenters. The van der Waals surface area contributed by atoms with Crippen LogP contribution < -0.4 is 4.74 Å². The fourth-order valence-electron chi connectivity index (χ4n) is 4.39. The average Bonchev–Trinajstić information content (AvgIpc) is 2.85. The maximum absolute atomic E-state index is 5.61. The van der Waals surface area contributed by atoms with Crippen LogP contribution in [0, 0.1) is 0 Å². The molecule has 1 aromatic carbocycles. The van der Waals surface area contributed by atoms with Gasteiger partial charge >= 0.3 is 0 Å². The molecule has 2 aromatic heterocycles. The Kier molecular flexibility index (Phi) is 6.21. The number of nitrogens with zero attached hydrogens (tertiary/aromatic N) is 5. The molecule has 4 heterocycles. The van der Waals surface area contributed by atoms with Gasteiger partial charge in [0, 0.05) is 56.1 Å². The Bertz CT molecular complexity index is 1110. The topological polar surface area (TPSA) is 63.5 Å². The number of benzene rings is 1. The molecule has 6 nitrogen and oxygen atoms in total. The Balaban J connectivity index is 1.24. The summed E-state index contributed by atoms with van der Waals surface area (Å²) in [6.45, 7) is 6.31. The molecule has 2 aliphatic heterocycles. The second-order valence-corrected chi connectivity index (χ2v) is 8.42.